The first kappa shape index (κ1) is 15.0. The van der Waals surface area contributed by atoms with Gasteiger partial charge in [-0.3, -0.25) is 0 Å². The fourth-order valence-electron chi connectivity index (χ4n) is 1.79. The van der Waals surface area contributed by atoms with E-state index < -0.39 is 0 Å². The topological polar surface area (TPSA) is 33.0 Å². The molecule has 0 aliphatic heterocycles. The molecule has 2 aromatic carbocycles. The van der Waals surface area contributed by atoms with E-state index in [4.69, 9.17) is 4.74 Å². The summed E-state index contributed by atoms with van der Waals surface area (Å²) in [6, 6.07) is 13.8. The third kappa shape index (κ3) is 3.36. The van der Waals surface area contributed by atoms with Gasteiger partial charge in [0.1, 0.15) is 23.1 Å². The molecule has 0 spiro atoms. The van der Waals surface area contributed by atoms with Crippen molar-refractivity contribution in [1.82, 2.24) is 0 Å². The SMILES string of the molecule is CCSc1cccc(Oc2ccc(C)cc2Br)c1C#N. The minimum atomic E-state index is 0.590. The number of halogens is 1. The Morgan fingerprint density at radius 1 is 1.25 bits per heavy atom. The lowest BCUT2D eigenvalue weighted by Gasteiger charge is -2.11. The van der Waals surface area contributed by atoms with Crippen molar-refractivity contribution in [2.75, 3.05) is 5.75 Å². The molecule has 0 aromatic heterocycles. The summed E-state index contributed by atoms with van der Waals surface area (Å²) in [5, 5.41) is 9.36. The van der Waals surface area contributed by atoms with Gasteiger partial charge in [0.2, 0.25) is 0 Å². The van der Waals surface area contributed by atoms with Gasteiger partial charge in [-0.15, -0.1) is 11.8 Å². The van der Waals surface area contributed by atoms with Gasteiger partial charge in [0, 0.05) is 4.90 Å². The van der Waals surface area contributed by atoms with Crippen molar-refractivity contribution in [3.8, 4) is 17.6 Å². The van der Waals surface area contributed by atoms with Gasteiger partial charge in [0.15, 0.2) is 0 Å². The van der Waals surface area contributed by atoms with Gasteiger partial charge in [-0.2, -0.15) is 5.26 Å². The van der Waals surface area contributed by atoms with Crippen LogP contribution < -0.4 is 4.74 Å². The van der Waals surface area contributed by atoms with E-state index >= 15 is 0 Å². The molecule has 0 saturated carbocycles. The Kier molecular flexibility index (Phi) is 5.11. The third-order valence-electron chi connectivity index (χ3n) is 2.71. The average molecular weight is 348 g/mol. The van der Waals surface area contributed by atoms with Crippen molar-refractivity contribution in [1.29, 1.82) is 5.26 Å². The van der Waals surface area contributed by atoms with Crippen molar-refractivity contribution in [2.24, 2.45) is 0 Å². The zero-order chi connectivity index (χ0) is 14.5. The molecule has 0 fully saturated rings. The van der Waals surface area contributed by atoms with Gasteiger partial charge in [-0.1, -0.05) is 19.1 Å². The Hall–Kier alpha value is -1.44. The van der Waals surface area contributed by atoms with Crippen molar-refractivity contribution in [2.45, 2.75) is 18.7 Å². The van der Waals surface area contributed by atoms with Crippen molar-refractivity contribution < 1.29 is 4.74 Å². The summed E-state index contributed by atoms with van der Waals surface area (Å²) in [5.41, 5.74) is 1.74. The number of nitrogens with zero attached hydrogens (tertiary/aromatic N) is 1. The second-order valence-electron chi connectivity index (χ2n) is 4.21. The highest BCUT2D eigenvalue weighted by Gasteiger charge is 2.11. The summed E-state index contributed by atoms with van der Waals surface area (Å²) in [4.78, 5) is 0.954. The zero-order valence-electron chi connectivity index (χ0n) is 11.3. The Morgan fingerprint density at radius 2 is 2.05 bits per heavy atom. The van der Waals surface area contributed by atoms with E-state index in [0.29, 0.717) is 17.1 Å². The normalized spacial score (nSPS) is 10.1. The maximum absolute atomic E-state index is 9.36. The maximum atomic E-state index is 9.36. The van der Waals surface area contributed by atoms with Crippen molar-refractivity contribution in [3.05, 3.63) is 52.0 Å². The van der Waals surface area contributed by atoms with Gasteiger partial charge in [-0.25, -0.2) is 0 Å². The van der Waals surface area contributed by atoms with Crippen LogP contribution >= 0.6 is 27.7 Å². The van der Waals surface area contributed by atoms with Crippen LogP contribution in [0.4, 0.5) is 0 Å². The summed E-state index contributed by atoms with van der Waals surface area (Å²) >= 11 is 5.13. The number of ether oxygens (including phenoxy) is 1. The number of aryl methyl sites for hydroxylation is 1. The monoisotopic (exact) mass is 347 g/mol. The predicted octanol–water partition coefficient (Wildman–Crippen LogP) is 5.53. The highest BCUT2D eigenvalue weighted by Crippen LogP contribution is 2.35. The van der Waals surface area contributed by atoms with Crippen LogP contribution in [0.3, 0.4) is 0 Å². The first-order valence-corrected chi connectivity index (χ1v) is 8.03. The highest BCUT2D eigenvalue weighted by molar-refractivity contribution is 9.10. The van der Waals surface area contributed by atoms with Crippen LogP contribution in [0.25, 0.3) is 0 Å². The molecule has 20 heavy (non-hydrogen) atoms. The van der Waals surface area contributed by atoms with Crippen LogP contribution in [-0.4, -0.2) is 5.75 Å². The van der Waals surface area contributed by atoms with Gasteiger partial charge in [0.25, 0.3) is 0 Å². The summed E-state index contributed by atoms with van der Waals surface area (Å²) < 4.78 is 6.77. The van der Waals surface area contributed by atoms with Gasteiger partial charge in [0.05, 0.1) is 4.47 Å². The van der Waals surface area contributed by atoms with E-state index in [1.165, 1.54) is 0 Å². The lowest BCUT2D eigenvalue weighted by Crippen LogP contribution is -1.92. The van der Waals surface area contributed by atoms with E-state index in [2.05, 4.69) is 28.9 Å². The molecule has 2 rings (SSSR count). The largest absolute Gasteiger partial charge is 0.455 e. The smallest absolute Gasteiger partial charge is 0.146 e. The molecule has 0 radical (unpaired) electrons. The second-order valence-corrected chi connectivity index (χ2v) is 6.37. The molecule has 0 saturated heterocycles. The molecule has 0 atom stereocenters. The Labute approximate surface area is 131 Å². The molecule has 0 bridgehead atoms. The minimum Gasteiger partial charge on any atom is -0.455 e. The number of rotatable bonds is 4. The van der Waals surface area contributed by atoms with Crippen LogP contribution in [0.15, 0.2) is 45.8 Å². The number of nitriles is 1. The minimum absolute atomic E-state index is 0.590. The van der Waals surface area contributed by atoms with E-state index in [1.807, 2.05) is 43.3 Å². The fraction of sp³-hybridized carbons (Fsp3) is 0.188. The molecule has 0 aliphatic rings. The Morgan fingerprint density at radius 3 is 2.70 bits per heavy atom. The van der Waals surface area contributed by atoms with Crippen LogP contribution in [0.5, 0.6) is 11.5 Å². The molecular formula is C16H14BrNOS. The van der Waals surface area contributed by atoms with Gasteiger partial charge < -0.3 is 4.74 Å². The number of benzene rings is 2. The van der Waals surface area contributed by atoms with Crippen LogP contribution in [0, 0.1) is 18.3 Å². The summed E-state index contributed by atoms with van der Waals surface area (Å²) in [5.74, 6) is 2.23. The number of hydrogen-bond donors (Lipinski definition) is 0. The van der Waals surface area contributed by atoms with Gasteiger partial charge in [-0.05, 0) is 58.4 Å². The maximum Gasteiger partial charge on any atom is 0.146 e. The van der Waals surface area contributed by atoms with Crippen LogP contribution in [-0.2, 0) is 0 Å². The van der Waals surface area contributed by atoms with E-state index in [-0.39, 0.29) is 0 Å². The third-order valence-corrected chi connectivity index (χ3v) is 4.27. The molecule has 0 N–H and O–H groups in total. The average Bonchev–Trinajstić information content (AvgIpc) is 2.42. The molecule has 2 aromatic rings. The molecule has 0 unspecified atom stereocenters. The molecule has 0 aliphatic carbocycles. The summed E-state index contributed by atoms with van der Waals surface area (Å²) in [6.45, 7) is 4.09. The number of thioether (sulfide) groups is 1. The summed E-state index contributed by atoms with van der Waals surface area (Å²) in [6.07, 6.45) is 0. The molecule has 0 heterocycles. The zero-order valence-corrected chi connectivity index (χ0v) is 13.7. The van der Waals surface area contributed by atoms with Crippen LogP contribution in [0.2, 0.25) is 0 Å². The predicted molar refractivity (Wildman–Crippen MR) is 86.5 cm³/mol. The van der Waals surface area contributed by atoms with E-state index in [9.17, 15) is 5.26 Å². The standard InChI is InChI=1S/C16H14BrNOS/c1-3-20-16-6-4-5-14(12(16)10-18)19-15-8-7-11(2)9-13(15)17/h4-9H,3H2,1-2H3. The second kappa shape index (κ2) is 6.83. The molecule has 0 amide bonds. The number of hydrogen-bond acceptors (Lipinski definition) is 3. The fourth-order valence-corrected chi connectivity index (χ4v) is 3.14. The molecule has 2 nitrogen and oxygen atoms in total. The van der Waals surface area contributed by atoms with Crippen molar-refractivity contribution >= 4 is 27.7 Å². The first-order chi connectivity index (χ1) is 9.65. The van der Waals surface area contributed by atoms with Gasteiger partial charge >= 0.3 is 0 Å². The molecule has 102 valence electrons. The Balaban J connectivity index is 2.38. The summed E-state index contributed by atoms with van der Waals surface area (Å²) in [7, 11) is 0. The molecule has 4 heteroatoms. The van der Waals surface area contributed by atoms with Crippen molar-refractivity contribution in [3.63, 3.8) is 0 Å². The Bertz CT molecular complexity index is 664. The van der Waals surface area contributed by atoms with E-state index in [0.717, 1.165) is 20.7 Å². The quantitative estimate of drug-likeness (QED) is 0.681. The first-order valence-electron chi connectivity index (χ1n) is 6.25. The highest BCUT2D eigenvalue weighted by atomic mass is 79.9. The van der Waals surface area contributed by atoms with Crippen LogP contribution in [0.1, 0.15) is 18.1 Å². The lowest BCUT2D eigenvalue weighted by molar-refractivity contribution is 0.476. The van der Waals surface area contributed by atoms with E-state index in [1.54, 1.807) is 11.8 Å². The molecular weight excluding hydrogens is 334 g/mol. The lowest BCUT2D eigenvalue weighted by atomic mass is 10.2.